The fourth-order valence-corrected chi connectivity index (χ4v) is 4.68. The molecule has 0 aliphatic heterocycles. The number of sulfonamides is 1. The highest BCUT2D eigenvalue weighted by molar-refractivity contribution is 7.92. The molecule has 0 radical (unpaired) electrons. The van der Waals surface area contributed by atoms with Crippen LogP contribution in [0.3, 0.4) is 0 Å². The number of anilines is 1. The maximum atomic E-state index is 12.8. The number of rotatable bonds is 9. The molecule has 0 saturated heterocycles. The Kier molecular flexibility index (Phi) is 7.84. The Labute approximate surface area is 189 Å². The number of benzene rings is 2. The second-order valence-corrected chi connectivity index (χ2v) is 9.43. The number of methoxy groups -OCH3 is 2. The van der Waals surface area contributed by atoms with Gasteiger partial charge in [-0.05, 0) is 56.2 Å². The van der Waals surface area contributed by atoms with Crippen LogP contribution in [0.1, 0.15) is 39.0 Å². The number of ether oxygens (including phenoxy) is 3. The first kappa shape index (κ1) is 23.7. The molecule has 0 spiro atoms. The van der Waals surface area contributed by atoms with Crippen molar-refractivity contribution in [3.63, 3.8) is 0 Å². The van der Waals surface area contributed by atoms with Crippen LogP contribution in [0.5, 0.6) is 17.2 Å². The van der Waals surface area contributed by atoms with E-state index in [1.807, 2.05) is 0 Å². The molecule has 1 saturated carbocycles. The van der Waals surface area contributed by atoms with Crippen LogP contribution in [0.15, 0.2) is 47.4 Å². The average Bonchev–Trinajstić information content (AvgIpc) is 2.79. The lowest BCUT2D eigenvalue weighted by Gasteiger charge is -2.24. The Balaban J connectivity index is 1.64. The van der Waals surface area contributed by atoms with Crippen LogP contribution in [-0.4, -0.2) is 40.7 Å². The van der Waals surface area contributed by atoms with E-state index in [2.05, 4.69) is 10.0 Å². The topological polar surface area (TPSA) is 103 Å². The molecule has 1 aliphatic carbocycles. The molecule has 0 heterocycles. The van der Waals surface area contributed by atoms with Crippen molar-refractivity contribution in [2.75, 3.05) is 18.9 Å². The molecule has 0 unspecified atom stereocenters. The highest BCUT2D eigenvalue weighted by Gasteiger charge is 2.21. The van der Waals surface area contributed by atoms with Crippen molar-refractivity contribution in [2.24, 2.45) is 0 Å². The smallest absolute Gasteiger partial charge is 0.262 e. The quantitative estimate of drug-likeness (QED) is 0.589. The number of carbonyl (C=O) groups is 1. The molecule has 32 heavy (non-hydrogen) atoms. The highest BCUT2D eigenvalue weighted by Crippen LogP contribution is 2.31. The second-order valence-electron chi connectivity index (χ2n) is 7.75. The molecule has 1 amide bonds. The molecule has 1 fully saturated rings. The van der Waals surface area contributed by atoms with Crippen molar-refractivity contribution in [3.8, 4) is 17.2 Å². The average molecular weight is 463 g/mol. The summed E-state index contributed by atoms with van der Waals surface area (Å²) < 4.78 is 44.2. The normalized spacial score (nSPS) is 15.5. The molecular weight excluding hydrogens is 432 g/mol. The molecule has 0 bridgehead atoms. The van der Waals surface area contributed by atoms with Gasteiger partial charge in [-0.2, -0.15) is 0 Å². The van der Waals surface area contributed by atoms with Crippen LogP contribution in [0.2, 0.25) is 0 Å². The van der Waals surface area contributed by atoms with Gasteiger partial charge in [0.25, 0.3) is 15.9 Å². The van der Waals surface area contributed by atoms with Gasteiger partial charge in [0.05, 0.1) is 24.8 Å². The standard InChI is InChI=1S/C23H30N2O6S/c1-16(23(26)24-17-7-5-4-6-8-17)31-18-9-12-20(13-10-18)32(27,28)25-21-15-19(29-2)11-14-22(21)30-3/h9-17,25H,4-8H2,1-3H3,(H,24,26)/t16-/m1/s1. The van der Waals surface area contributed by atoms with E-state index < -0.39 is 16.1 Å². The first-order chi connectivity index (χ1) is 15.3. The van der Waals surface area contributed by atoms with E-state index in [-0.39, 0.29) is 22.5 Å². The maximum Gasteiger partial charge on any atom is 0.262 e. The third-order valence-corrected chi connectivity index (χ3v) is 6.80. The van der Waals surface area contributed by atoms with Gasteiger partial charge in [0.1, 0.15) is 17.2 Å². The third-order valence-electron chi connectivity index (χ3n) is 5.42. The van der Waals surface area contributed by atoms with Gasteiger partial charge in [0.2, 0.25) is 0 Å². The minimum absolute atomic E-state index is 0.0500. The first-order valence-corrected chi connectivity index (χ1v) is 12.1. The lowest BCUT2D eigenvalue weighted by atomic mass is 9.95. The van der Waals surface area contributed by atoms with Crippen molar-refractivity contribution in [1.29, 1.82) is 0 Å². The molecule has 2 aromatic rings. The number of nitrogens with one attached hydrogen (secondary N) is 2. The summed E-state index contributed by atoms with van der Waals surface area (Å²) in [7, 11) is -0.921. The van der Waals surface area contributed by atoms with Crippen molar-refractivity contribution >= 4 is 21.6 Å². The van der Waals surface area contributed by atoms with Crippen molar-refractivity contribution in [1.82, 2.24) is 5.32 Å². The van der Waals surface area contributed by atoms with Gasteiger partial charge in [-0.25, -0.2) is 8.42 Å². The fourth-order valence-electron chi connectivity index (χ4n) is 3.62. The number of hydrogen-bond donors (Lipinski definition) is 2. The van der Waals surface area contributed by atoms with Crippen LogP contribution in [0.4, 0.5) is 5.69 Å². The molecule has 174 valence electrons. The van der Waals surface area contributed by atoms with Gasteiger partial charge in [-0.1, -0.05) is 19.3 Å². The van der Waals surface area contributed by atoms with E-state index in [0.717, 1.165) is 25.7 Å². The predicted molar refractivity (Wildman–Crippen MR) is 122 cm³/mol. The van der Waals surface area contributed by atoms with Gasteiger partial charge >= 0.3 is 0 Å². The summed E-state index contributed by atoms with van der Waals surface area (Å²) in [5, 5.41) is 3.03. The zero-order valence-electron chi connectivity index (χ0n) is 18.6. The Morgan fingerprint density at radius 3 is 2.25 bits per heavy atom. The van der Waals surface area contributed by atoms with Crippen LogP contribution in [0.25, 0.3) is 0 Å². The highest BCUT2D eigenvalue weighted by atomic mass is 32.2. The monoisotopic (exact) mass is 462 g/mol. The summed E-state index contributed by atoms with van der Waals surface area (Å²) in [6.07, 6.45) is 4.79. The van der Waals surface area contributed by atoms with Gasteiger partial charge < -0.3 is 19.5 Å². The Hall–Kier alpha value is -2.94. The maximum absolute atomic E-state index is 12.8. The predicted octanol–water partition coefficient (Wildman–Crippen LogP) is 3.72. The molecule has 9 heteroatoms. The SMILES string of the molecule is COc1ccc(OC)c(NS(=O)(=O)c2ccc(O[C@H](C)C(=O)NC3CCCCC3)cc2)c1. The Bertz CT molecular complexity index is 1020. The number of amides is 1. The molecule has 8 nitrogen and oxygen atoms in total. The van der Waals surface area contributed by atoms with Gasteiger partial charge in [0, 0.05) is 12.1 Å². The summed E-state index contributed by atoms with van der Waals surface area (Å²) in [4.78, 5) is 12.4. The number of hydrogen-bond acceptors (Lipinski definition) is 6. The van der Waals surface area contributed by atoms with E-state index in [1.165, 1.54) is 44.9 Å². The zero-order chi connectivity index (χ0) is 23.1. The molecule has 0 aromatic heterocycles. The summed E-state index contributed by atoms with van der Waals surface area (Å²) in [5.74, 6) is 1.11. The van der Waals surface area contributed by atoms with Crippen LogP contribution in [-0.2, 0) is 14.8 Å². The van der Waals surface area contributed by atoms with Crippen LogP contribution in [0, 0.1) is 0 Å². The Morgan fingerprint density at radius 1 is 0.969 bits per heavy atom. The largest absolute Gasteiger partial charge is 0.497 e. The number of carbonyl (C=O) groups excluding carboxylic acids is 1. The molecule has 2 N–H and O–H groups in total. The zero-order valence-corrected chi connectivity index (χ0v) is 19.4. The fraction of sp³-hybridized carbons (Fsp3) is 0.435. The van der Waals surface area contributed by atoms with Crippen LogP contribution >= 0.6 is 0 Å². The summed E-state index contributed by atoms with van der Waals surface area (Å²) in [6, 6.07) is 11.0. The van der Waals surface area contributed by atoms with Crippen molar-refractivity contribution in [2.45, 2.75) is 56.1 Å². The molecular formula is C23H30N2O6S. The third kappa shape index (κ3) is 6.06. The van der Waals surface area contributed by atoms with Gasteiger partial charge in [-0.3, -0.25) is 9.52 Å². The van der Waals surface area contributed by atoms with E-state index in [4.69, 9.17) is 14.2 Å². The van der Waals surface area contributed by atoms with E-state index in [9.17, 15) is 13.2 Å². The van der Waals surface area contributed by atoms with Crippen molar-refractivity contribution < 1.29 is 27.4 Å². The lowest BCUT2D eigenvalue weighted by Crippen LogP contribution is -2.43. The Morgan fingerprint density at radius 2 is 1.62 bits per heavy atom. The molecule has 3 rings (SSSR count). The molecule has 1 atom stereocenters. The second kappa shape index (κ2) is 10.6. The van der Waals surface area contributed by atoms with Gasteiger partial charge in [-0.15, -0.1) is 0 Å². The summed E-state index contributed by atoms with van der Waals surface area (Å²) in [5.41, 5.74) is 0.264. The van der Waals surface area contributed by atoms with Crippen molar-refractivity contribution in [3.05, 3.63) is 42.5 Å². The van der Waals surface area contributed by atoms with E-state index in [1.54, 1.807) is 25.1 Å². The summed E-state index contributed by atoms with van der Waals surface area (Å²) >= 11 is 0. The van der Waals surface area contributed by atoms with E-state index >= 15 is 0 Å². The first-order valence-electron chi connectivity index (χ1n) is 10.6. The van der Waals surface area contributed by atoms with Gasteiger partial charge in [0.15, 0.2) is 6.10 Å². The lowest BCUT2D eigenvalue weighted by molar-refractivity contribution is -0.128. The minimum atomic E-state index is -3.87. The molecule has 1 aliphatic rings. The van der Waals surface area contributed by atoms with Crippen LogP contribution < -0.4 is 24.2 Å². The summed E-state index contributed by atoms with van der Waals surface area (Å²) in [6.45, 7) is 1.68. The van der Waals surface area contributed by atoms with E-state index in [0.29, 0.717) is 17.2 Å². The minimum Gasteiger partial charge on any atom is -0.497 e. The molecule has 2 aromatic carbocycles.